The first-order valence-corrected chi connectivity index (χ1v) is 5.96. The van der Waals surface area contributed by atoms with Gasteiger partial charge in [-0.05, 0) is 53.4 Å². The fourth-order valence-electron chi connectivity index (χ4n) is 1.80. The highest BCUT2D eigenvalue weighted by Crippen LogP contribution is 2.21. The lowest BCUT2D eigenvalue weighted by Gasteiger charge is -2.10. The highest BCUT2D eigenvalue weighted by molar-refractivity contribution is 9.10. The van der Waals surface area contributed by atoms with Crippen molar-refractivity contribution in [3.63, 3.8) is 0 Å². The molecule has 0 aliphatic carbocycles. The van der Waals surface area contributed by atoms with E-state index in [1.165, 1.54) is 12.8 Å². The van der Waals surface area contributed by atoms with Gasteiger partial charge in [-0.25, -0.2) is 4.98 Å². The molecule has 2 heterocycles. The fraction of sp³-hybridized carbons (Fsp3) is 0.500. The van der Waals surface area contributed by atoms with Crippen LogP contribution in [0.1, 0.15) is 18.4 Å². The second kappa shape index (κ2) is 4.60. The van der Waals surface area contributed by atoms with E-state index in [1.54, 1.807) is 6.20 Å². The first-order valence-electron chi connectivity index (χ1n) is 4.79. The minimum absolute atomic E-state index is 0.573. The maximum absolute atomic E-state index is 6.01. The number of hydrogen-bond acceptors (Lipinski definition) is 2. The molecule has 2 nitrogen and oxygen atoms in total. The Morgan fingerprint density at radius 1 is 1.64 bits per heavy atom. The van der Waals surface area contributed by atoms with E-state index in [0.717, 1.165) is 23.0 Å². The van der Waals surface area contributed by atoms with E-state index < -0.39 is 0 Å². The van der Waals surface area contributed by atoms with E-state index in [4.69, 9.17) is 11.6 Å². The van der Waals surface area contributed by atoms with E-state index in [1.807, 2.05) is 0 Å². The zero-order valence-electron chi connectivity index (χ0n) is 7.76. The highest BCUT2D eigenvalue weighted by atomic mass is 79.9. The molecule has 0 spiro atoms. The summed E-state index contributed by atoms with van der Waals surface area (Å²) in [5.41, 5.74) is 1.13. The summed E-state index contributed by atoms with van der Waals surface area (Å²) in [6.45, 7) is 1.13. The van der Waals surface area contributed by atoms with E-state index in [0.29, 0.717) is 11.2 Å². The predicted octanol–water partition coefficient (Wildman–Crippen LogP) is 2.79. The molecule has 0 bridgehead atoms. The molecule has 1 N–H and O–H groups in total. The molecule has 1 aromatic heterocycles. The van der Waals surface area contributed by atoms with Gasteiger partial charge in [0.25, 0.3) is 0 Å². The minimum Gasteiger partial charge on any atom is -0.314 e. The second-order valence-corrected chi connectivity index (χ2v) is 4.87. The molecule has 1 aliphatic rings. The summed E-state index contributed by atoms with van der Waals surface area (Å²) in [7, 11) is 0. The van der Waals surface area contributed by atoms with Crippen molar-refractivity contribution in [2.45, 2.75) is 25.3 Å². The lowest BCUT2D eigenvalue weighted by molar-refractivity contribution is 0.602. The van der Waals surface area contributed by atoms with E-state index in [9.17, 15) is 0 Å². The number of nitrogens with zero attached hydrogens (tertiary/aromatic N) is 1. The SMILES string of the molecule is Clc1ncc(Br)cc1CC1CCCN1. The lowest BCUT2D eigenvalue weighted by atomic mass is 10.1. The van der Waals surface area contributed by atoms with Crippen LogP contribution in [-0.4, -0.2) is 17.6 Å². The molecule has 0 saturated carbocycles. The Morgan fingerprint density at radius 2 is 2.50 bits per heavy atom. The van der Waals surface area contributed by atoms with Crippen molar-refractivity contribution in [2.75, 3.05) is 6.54 Å². The number of nitrogens with one attached hydrogen (secondary N) is 1. The lowest BCUT2D eigenvalue weighted by Crippen LogP contribution is -2.23. The average Bonchev–Trinajstić information content (AvgIpc) is 2.64. The van der Waals surface area contributed by atoms with Crippen LogP contribution in [0, 0.1) is 0 Å². The molecule has 14 heavy (non-hydrogen) atoms. The van der Waals surface area contributed by atoms with Crippen molar-refractivity contribution in [3.8, 4) is 0 Å². The van der Waals surface area contributed by atoms with Crippen molar-refractivity contribution in [3.05, 3.63) is 27.5 Å². The Labute approximate surface area is 97.2 Å². The van der Waals surface area contributed by atoms with E-state index in [-0.39, 0.29) is 0 Å². The number of rotatable bonds is 2. The molecule has 76 valence electrons. The second-order valence-electron chi connectivity index (χ2n) is 3.60. The van der Waals surface area contributed by atoms with Gasteiger partial charge in [0.15, 0.2) is 0 Å². The maximum atomic E-state index is 6.01. The number of halogens is 2. The van der Waals surface area contributed by atoms with E-state index >= 15 is 0 Å². The molecule has 0 aromatic carbocycles. The summed E-state index contributed by atoms with van der Waals surface area (Å²) in [5, 5.41) is 4.08. The van der Waals surface area contributed by atoms with Crippen LogP contribution in [0.2, 0.25) is 5.15 Å². The summed E-state index contributed by atoms with van der Waals surface area (Å²) in [6.07, 6.45) is 5.21. The van der Waals surface area contributed by atoms with Crippen LogP contribution in [0.15, 0.2) is 16.7 Å². The largest absolute Gasteiger partial charge is 0.314 e. The van der Waals surface area contributed by atoms with Gasteiger partial charge in [-0.15, -0.1) is 0 Å². The van der Waals surface area contributed by atoms with Gasteiger partial charge in [0.05, 0.1) is 0 Å². The maximum Gasteiger partial charge on any atom is 0.132 e. The predicted molar refractivity (Wildman–Crippen MR) is 61.7 cm³/mol. The van der Waals surface area contributed by atoms with Crippen molar-refractivity contribution < 1.29 is 0 Å². The third-order valence-corrected chi connectivity index (χ3v) is 3.28. The Balaban J connectivity index is 2.10. The fourth-order valence-corrected chi connectivity index (χ4v) is 2.36. The Kier molecular flexibility index (Phi) is 3.42. The summed E-state index contributed by atoms with van der Waals surface area (Å²) < 4.78 is 0.995. The van der Waals surface area contributed by atoms with Crippen molar-refractivity contribution in [1.29, 1.82) is 0 Å². The third-order valence-electron chi connectivity index (χ3n) is 2.51. The monoisotopic (exact) mass is 274 g/mol. The van der Waals surface area contributed by atoms with Gasteiger partial charge in [-0.3, -0.25) is 0 Å². The molecule has 1 fully saturated rings. The van der Waals surface area contributed by atoms with Crippen LogP contribution in [0.4, 0.5) is 0 Å². The first-order chi connectivity index (χ1) is 6.75. The van der Waals surface area contributed by atoms with Gasteiger partial charge in [-0.2, -0.15) is 0 Å². The molecule has 2 rings (SSSR count). The van der Waals surface area contributed by atoms with Gasteiger partial charge in [0.1, 0.15) is 5.15 Å². The summed E-state index contributed by atoms with van der Waals surface area (Å²) in [5.74, 6) is 0. The summed E-state index contributed by atoms with van der Waals surface area (Å²) in [6, 6.07) is 2.62. The number of pyridine rings is 1. The zero-order valence-corrected chi connectivity index (χ0v) is 10.1. The van der Waals surface area contributed by atoms with Gasteiger partial charge in [-0.1, -0.05) is 11.6 Å². The quantitative estimate of drug-likeness (QED) is 0.840. The minimum atomic E-state index is 0.573. The normalized spacial score (nSPS) is 21.4. The van der Waals surface area contributed by atoms with Crippen molar-refractivity contribution in [1.82, 2.24) is 10.3 Å². The third kappa shape index (κ3) is 2.47. The molecule has 1 aliphatic heterocycles. The Hall–Kier alpha value is -0.120. The molecule has 1 saturated heterocycles. The topological polar surface area (TPSA) is 24.9 Å². The van der Waals surface area contributed by atoms with Gasteiger partial charge in [0.2, 0.25) is 0 Å². The van der Waals surface area contributed by atoms with Crippen molar-refractivity contribution in [2.24, 2.45) is 0 Å². The molecular weight excluding hydrogens is 263 g/mol. The smallest absolute Gasteiger partial charge is 0.132 e. The van der Waals surface area contributed by atoms with Crippen LogP contribution >= 0.6 is 27.5 Å². The molecular formula is C10H12BrClN2. The van der Waals surface area contributed by atoms with Crippen LogP contribution < -0.4 is 5.32 Å². The Morgan fingerprint density at radius 3 is 3.21 bits per heavy atom. The highest BCUT2D eigenvalue weighted by Gasteiger charge is 2.16. The molecule has 1 atom stereocenters. The number of aromatic nitrogens is 1. The van der Waals surface area contributed by atoms with Crippen LogP contribution in [0.25, 0.3) is 0 Å². The Bertz CT molecular complexity index is 324. The van der Waals surface area contributed by atoms with Crippen molar-refractivity contribution >= 4 is 27.5 Å². The van der Waals surface area contributed by atoms with Gasteiger partial charge < -0.3 is 5.32 Å². The summed E-state index contributed by atoms with van der Waals surface area (Å²) >= 11 is 9.42. The zero-order chi connectivity index (χ0) is 9.97. The molecule has 0 amide bonds. The average molecular weight is 276 g/mol. The summed E-state index contributed by atoms with van der Waals surface area (Å²) in [4.78, 5) is 4.11. The first kappa shape index (κ1) is 10.4. The molecule has 4 heteroatoms. The molecule has 1 aromatic rings. The molecule has 1 unspecified atom stereocenters. The standard InChI is InChI=1S/C10H12BrClN2/c11-8-4-7(10(12)14-6-8)5-9-2-1-3-13-9/h4,6,9,13H,1-3,5H2. The van der Waals surface area contributed by atoms with Crippen LogP contribution in [0.3, 0.4) is 0 Å². The molecule has 0 radical (unpaired) electrons. The van der Waals surface area contributed by atoms with E-state index in [2.05, 4.69) is 32.3 Å². The van der Waals surface area contributed by atoms with Crippen LogP contribution in [0.5, 0.6) is 0 Å². The number of hydrogen-bond donors (Lipinski definition) is 1. The van der Waals surface area contributed by atoms with Gasteiger partial charge in [0, 0.05) is 16.7 Å². The van der Waals surface area contributed by atoms with Gasteiger partial charge >= 0.3 is 0 Å². The van der Waals surface area contributed by atoms with Crippen LogP contribution in [-0.2, 0) is 6.42 Å².